The highest BCUT2D eigenvalue weighted by molar-refractivity contribution is 7.22. The largest absolute Gasteiger partial charge is 0.345 e. The number of aromatic nitrogens is 1. The molecule has 3 rings (SSSR count). The molecule has 1 fully saturated rings. The van der Waals surface area contributed by atoms with Crippen LogP contribution < -0.4 is 4.90 Å². The molecular formula is C14H15F2N3OS. The molecule has 7 heteroatoms. The molecule has 1 saturated heterocycles. The fraction of sp³-hybridized carbons (Fsp3) is 0.429. The standard InChI is InChI=1S/C14H15F2N3OS/c1-2-12(20)18-3-5-19(6-4-18)14-17-13-10(16)7-9(15)8-11(13)21-14/h7-8H,2-6H2,1H3. The first kappa shape index (κ1) is 14.2. The van der Waals surface area contributed by atoms with Crippen molar-refractivity contribution < 1.29 is 13.6 Å². The number of amides is 1. The van der Waals surface area contributed by atoms with E-state index in [1.165, 1.54) is 17.4 Å². The predicted molar refractivity (Wildman–Crippen MR) is 78.6 cm³/mol. The lowest BCUT2D eigenvalue weighted by atomic mass is 10.3. The molecular weight excluding hydrogens is 296 g/mol. The van der Waals surface area contributed by atoms with E-state index < -0.39 is 11.6 Å². The summed E-state index contributed by atoms with van der Waals surface area (Å²) in [6.07, 6.45) is 0.506. The highest BCUT2D eigenvalue weighted by Crippen LogP contribution is 2.31. The van der Waals surface area contributed by atoms with Crippen LogP contribution in [0.2, 0.25) is 0 Å². The highest BCUT2D eigenvalue weighted by atomic mass is 32.1. The number of nitrogens with zero attached hydrogens (tertiary/aromatic N) is 3. The fourth-order valence-corrected chi connectivity index (χ4v) is 3.51. The molecule has 0 atom stereocenters. The fourth-order valence-electron chi connectivity index (χ4n) is 2.45. The van der Waals surface area contributed by atoms with E-state index in [2.05, 4.69) is 4.98 Å². The van der Waals surface area contributed by atoms with Gasteiger partial charge in [0, 0.05) is 38.7 Å². The number of piperazine rings is 1. The summed E-state index contributed by atoms with van der Waals surface area (Å²) in [6.45, 7) is 4.45. The summed E-state index contributed by atoms with van der Waals surface area (Å²) >= 11 is 1.28. The monoisotopic (exact) mass is 311 g/mol. The van der Waals surface area contributed by atoms with Crippen molar-refractivity contribution in [2.75, 3.05) is 31.1 Å². The average Bonchev–Trinajstić information content (AvgIpc) is 2.91. The van der Waals surface area contributed by atoms with Gasteiger partial charge in [-0.3, -0.25) is 4.79 Å². The van der Waals surface area contributed by atoms with Gasteiger partial charge in [0.2, 0.25) is 5.91 Å². The van der Waals surface area contributed by atoms with Crippen LogP contribution in [0.5, 0.6) is 0 Å². The Morgan fingerprint density at radius 1 is 1.29 bits per heavy atom. The SMILES string of the molecule is CCC(=O)N1CCN(c2nc3c(F)cc(F)cc3s2)CC1. The summed E-state index contributed by atoms with van der Waals surface area (Å²) in [4.78, 5) is 19.7. The van der Waals surface area contributed by atoms with Crippen molar-refractivity contribution in [3.05, 3.63) is 23.8 Å². The van der Waals surface area contributed by atoms with E-state index in [0.29, 0.717) is 42.4 Å². The number of rotatable bonds is 2. The Morgan fingerprint density at radius 3 is 2.67 bits per heavy atom. The maximum atomic E-state index is 13.7. The van der Waals surface area contributed by atoms with Gasteiger partial charge in [-0.05, 0) is 6.07 Å². The zero-order valence-corrected chi connectivity index (χ0v) is 12.4. The molecule has 2 heterocycles. The number of carbonyl (C=O) groups is 1. The molecule has 0 unspecified atom stereocenters. The number of hydrogen-bond donors (Lipinski definition) is 0. The summed E-state index contributed by atoms with van der Waals surface area (Å²) in [5.74, 6) is -1.08. The summed E-state index contributed by atoms with van der Waals surface area (Å²) < 4.78 is 27.4. The van der Waals surface area contributed by atoms with Crippen LogP contribution in [-0.2, 0) is 4.79 Å². The number of benzene rings is 1. The smallest absolute Gasteiger partial charge is 0.222 e. The van der Waals surface area contributed by atoms with Crippen LogP contribution in [0.3, 0.4) is 0 Å². The minimum Gasteiger partial charge on any atom is -0.345 e. The molecule has 0 saturated carbocycles. The number of fused-ring (bicyclic) bond motifs is 1. The molecule has 1 aromatic heterocycles. The van der Waals surface area contributed by atoms with Crippen molar-refractivity contribution in [3.8, 4) is 0 Å². The first-order valence-corrected chi connectivity index (χ1v) is 7.68. The van der Waals surface area contributed by atoms with E-state index in [-0.39, 0.29) is 11.4 Å². The molecule has 0 bridgehead atoms. The average molecular weight is 311 g/mol. The Bertz CT molecular complexity index is 680. The Balaban J connectivity index is 1.80. The van der Waals surface area contributed by atoms with Crippen LogP contribution in [0.15, 0.2) is 12.1 Å². The maximum absolute atomic E-state index is 13.7. The van der Waals surface area contributed by atoms with E-state index in [1.807, 2.05) is 16.7 Å². The molecule has 4 nitrogen and oxygen atoms in total. The first-order valence-electron chi connectivity index (χ1n) is 6.87. The number of halogens is 2. The van der Waals surface area contributed by atoms with Crippen LogP contribution in [0, 0.1) is 11.6 Å². The minimum absolute atomic E-state index is 0.145. The second-order valence-electron chi connectivity index (χ2n) is 4.95. The summed E-state index contributed by atoms with van der Waals surface area (Å²) in [5, 5.41) is 0.679. The molecule has 1 aliphatic rings. The Kier molecular flexibility index (Phi) is 3.75. The Hall–Kier alpha value is -1.76. The molecule has 21 heavy (non-hydrogen) atoms. The quantitative estimate of drug-likeness (QED) is 0.855. The van der Waals surface area contributed by atoms with E-state index in [1.54, 1.807) is 0 Å². The maximum Gasteiger partial charge on any atom is 0.222 e. The van der Waals surface area contributed by atoms with Gasteiger partial charge >= 0.3 is 0 Å². The van der Waals surface area contributed by atoms with Crippen molar-refractivity contribution >= 4 is 32.6 Å². The molecule has 0 spiro atoms. The second-order valence-corrected chi connectivity index (χ2v) is 5.96. The lowest BCUT2D eigenvalue weighted by molar-refractivity contribution is -0.131. The topological polar surface area (TPSA) is 36.4 Å². The third kappa shape index (κ3) is 2.70. The lowest BCUT2D eigenvalue weighted by Gasteiger charge is -2.34. The zero-order valence-electron chi connectivity index (χ0n) is 11.6. The highest BCUT2D eigenvalue weighted by Gasteiger charge is 2.22. The van der Waals surface area contributed by atoms with Crippen molar-refractivity contribution in [1.29, 1.82) is 0 Å². The molecule has 112 valence electrons. The Morgan fingerprint density at radius 2 is 2.00 bits per heavy atom. The van der Waals surface area contributed by atoms with Crippen molar-refractivity contribution in [1.82, 2.24) is 9.88 Å². The van der Waals surface area contributed by atoms with E-state index in [0.717, 1.165) is 6.07 Å². The number of hydrogen-bond acceptors (Lipinski definition) is 4. The van der Waals surface area contributed by atoms with E-state index in [9.17, 15) is 13.6 Å². The van der Waals surface area contributed by atoms with Gasteiger partial charge in [0.1, 0.15) is 11.3 Å². The molecule has 2 aromatic rings. The second kappa shape index (κ2) is 5.55. The zero-order chi connectivity index (χ0) is 15.0. The molecule has 0 N–H and O–H groups in total. The summed E-state index contributed by atoms with van der Waals surface area (Å²) in [6, 6.07) is 2.15. The van der Waals surface area contributed by atoms with Gasteiger partial charge in [-0.15, -0.1) is 0 Å². The normalized spacial score (nSPS) is 15.8. The predicted octanol–water partition coefficient (Wildman–Crippen LogP) is 2.63. The molecule has 0 aliphatic carbocycles. The van der Waals surface area contributed by atoms with E-state index in [4.69, 9.17) is 0 Å². The third-order valence-corrected chi connectivity index (χ3v) is 4.67. The van der Waals surface area contributed by atoms with Gasteiger partial charge in [0.05, 0.1) is 4.70 Å². The van der Waals surface area contributed by atoms with Gasteiger partial charge in [0.25, 0.3) is 0 Å². The van der Waals surface area contributed by atoms with Gasteiger partial charge in [-0.2, -0.15) is 0 Å². The van der Waals surface area contributed by atoms with Crippen LogP contribution in [-0.4, -0.2) is 42.0 Å². The molecule has 1 amide bonds. The van der Waals surface area contributed by atoms with Crippen LogP contribution in [0.4, 0.5) is 13.9 Å². The van der Waals surface area contributed by atoms with Crippen molar-refractivity contribution in [2.24, 2.45) is 0 Å². The number of anilines is 1. The number of carbonyl (C=O) groups excluding carboxylic acids is 1. The van der Waals surface area contributed by atoms with Crippen LogP contribution in [0.1, 0.15) is 13.3 Å². The molecule has 1 aromatic carbocycles. The van der Waals surface area contributed by atoms with Crippen LogP contribution >= 0.6 is 11.3 Å². The van der Waals surface area contributed by atoms with Crippen molar-refractivity contribution in [3.63, 3.8) is 0 Å². The number of thiazole rings is 1. The first-order chi connectivity index (χ1) is 10.1. The summed E-state index contributed by atoms with van der Waals surface area (Å²) in [7, 11) is 0. The summed E-state index contributed by atoms with van der Waals surface area (Å²) in [5.41, 5.74) is 0.212. The lowest BCUT2D eigenvalue weighted by Crippen LogP contribution is -2.48. The third-order valence-electron chi connectivity index (χ3n) is 3.61. The molecule has 1 aliphatic heterocycles. The minimum atomic E-state index is -0.632. The van der Waals surface area contributed by atoms with Gasteiger partial charge < -0.3 is 9.80 Å². The van der Waals surface area contributed by atoms with Gasteiger partial charge in [-0.1, -0.05) is 18.3 Å². The molecule has 0 radical (unpaired) electrons. The van der Waals surface area contributed by atoms with Crippen molar-refractivity contribution in [2.45, 2.75) is 13.3 Å². The Labute approximate surface area is 125 Å². The van der Waals surface area contributed by atoms with E-state index >= 15 is 0 Å². The van der Waals surface area contributed by atoms with Crippen LogP contribution in [0.25, 0.3) is 10.2 Å². The van der Waals surface area contributed by atoms with Gasteiger partial charge in [-0.25, -0.2) is 13.8 Å². The van der Waals surface area contributed by atoms with Gasteiger partial charge in [0.15, 0.2) is 10.9 Å².